The Morgan fingerprint density at radius 2 is 1.48 bits per heavy atom. The maximum Gasteiger partial charge on any atom is 0.261 e. The number of benzene rings is 2. The van der Waals surface area contributed by atoms with Crippen molar-refractivity contribution in [3.8, 4) is 0 Å². The van der Waals surface area contributed by atoms with Crippen molar-refractivity contribution in [1.82, 2.24) is 4.90 Å². The Morgan fingerprint density at radius 3 is 2.13 bits per heavy atom. The summed E-state index contributed by atoms with van der Waals surface area (Å²) in [7, 11) is 0. The van der Waals surface area contributed by atoms with Gasteiger partial charge >= 0.3 is 0 Å². The van der Waals surface area contributed by atoms with E-state index >= 15 is 0 Å². The molecule has 1 aliphatic heterocycles. The molecule has 0 spiro atoms. The zero-order chi connectivity index (χ0) is 16.2. The number of thioether (sulfide) groups is 1. The van der Waals surface area contributed by atoms with E-state index in [0.717, 1.165) is 23.1 Å². The van der Waals surface area contributed by atoms with Crippen LogP contribution < -0.4 is 0 Å². The Balaban J connectivity index is 1.48. The van der Waals surface area contributed by atoms with Gasteiger partial charge in [0, 0.05) is 15.9 Å². The van der Waals surface area contributed by atoms with Crippen molar-refractivity contribution >= 4 is 39.5 Å². The van der Waals surface area contributed by atoms with Crippen LogP contribution in [0.1, 0.15) is 33.6 Å². The van der Waals surface area contributed by atoms with E-state index < -0.39 is 0 Å². The smallest absolute Gasteiger partial charge is 0.261 e. The van der Waals surface area contributed by atoms with Crippen molar-refractivity contribution in [2.75, 3.05) is 12.3 Å². The quantitative estimate of drug-likeness (QED) is 0.411. The van der Waals surface area contributed by atoms with Crippen molar-refractivity contribution in [3.63, 3.8) is 0 Å². The molecule has 0 N–H and O–H groups in total. The fraction of sp³-hybridized carbons (Fsp3) is 0.222. The molecule has 0 atom stereocenters. The minimum absolute atomic E-state index is 0.163. The van der Waals surface area contributed by atoms with Crippen LogP contribution in [0.25, 0.3) is 0 Å². The summed E-state index contributed by atoms with van der Waals surface area (Å²) in [5, 5.41) is 0. The number of hydrogen-bond acceptors (Lipinski definition) is 3. The predicted octanol–water partition coefficient (Wildman–Crippen LogP) is 4.62. The second kappa shape index (κ2) is 7.32. The highest BCUT2D eigenvalue weighted by Gasteiger charge is 2.34. The Hall–Kier alpha value is -1.59. The first-order valence-corrected chi connectivity index (χ1v) is 9.29. The van der Waals surface area contributed by atoms with Gasteiger partial charge in [0.25, 0.3) is 11.8 Å². The molecule has 0 aliphatic carbocycles. The number of halogens is 1. The number of unbranched alkanes of at least 4 members (excludes halogenated alkanes) is 1. The molecular weight excluding hydrogens is 374 g/mol. The summed E-state index contributed by atoms with van der Waals surface area (Å²) in [6.07, 6.45) is 1.78. The fourth-order valence-electron chi connectivity index (χ4n) is 2.56. The summed E-state index contributed by atoms with van der Waals surface area (Å²) >= 11 is 5.32. The van der Waals surface area contributed by atoms with E-state index in [0.29, 0.717) is 17.7 Å². The van der Waals surface area contributed by atoms with Crippen LogP contribution in [0.5, 0.6) is 0 Å². The van der Waals surface area contributed by atoms with Gasteiger partial charge in [-0.3, -0.25) is 14.5 Å². The van der Waals surface area contributed by atoms with Crippen LogP contribution in [0, 0.1) is 0 Å². The number of rotatable bonds is 6. The summed E-state index contributed by atoms with van der Waals surface area (Å²) in [6.45, 7) is 0.489. The van der Waals surface area contributed by atoms with Crippen LogP contribution in [0.2, 0.25) is 0 Å². The zero-order valence-corrected chi connectivity index (χ0v) is 14.9. The highest BCUT2D eigenvalue weighted by Crippen LogP contribution is 2.28. The van der Waals surface area contributed by atoms with Crippen molar-refractivity contribution in [3.05, 3.63) is 64.1 Å². The molecule has 0 bridgehead atoms. The number of hydrogen-bond donors (Lipinski definition) is 0. The van der Waals surface area contributed by atoms with E-state index in [1.54, 1.807) is 36.0 Å². The van der Waals surface area contributed by atoms with Gasteiger partial charge in [0.2, 0.25) is 0 Å². The third-order valence-corrected chi connectivity index (χ3v) is 5.86. The van der Waals surface area contributed by atoms with Crippen molar-refractivity contribution in [2.24, 2.45) is 0 Å². The Bertz CT molecular complexity index is 712. The van der Waals surface area contributed by atoms with Crippen LogP contribution in [-0.4, -0.2) is 29.0 Å². The lowest BCUT2D eigenvalue weighted by atomic mass is 10.1. The van der Waals surface area contributed by atoms with E-state index in [1.165, 1.54) is 9.80 Å². The average molecular weight is 390 g/mol. The van der Waals surface area contributed by atoms with E-state index in [1.807, 2.05) is 18.2 Å². The molecule has 0 fully saturated rings. The summed E-state index contributed by atoms with van der Waals surface area (Å²) < 4.78 is 1.10. The zero-order valence-electron chi connectivity index (χ0n) is 12.5. The first-order chi connectivity index (χ1) is 11.2. The number of fused-ring (bicyclic) bond motifs is 1. The highest BCUT2D eigenvalue weighted by atomic mass is 79.9. The Morgan fingerprint density at radius 1 is 0.870 bits per heavy atom. The topological polar surface area (TPSA) is 37.4 Å². The van der Waals surface area contributed by atoms with Crippen molar-refractivity contribution in [1.29, 1.82) is 0 Å². The SMILES string of the molecule is O=C1c2ccccc2C(=O)N1CCCCSc1ccccc1Br. The van der Waals surface area contributed by atoms with Crippen LogP contribution in [0.3, 0.4) is 0 Å². The lowest BCUT2D eigenvalue weighted by Gasteiger charge is -2.13. The molecule has 23 heavy (non-hydrogen) atoms. The molecule has 0 unspecified atom stereocenters. The van der Waals surface area contributed by atoms with Gasteiger partial charge in [-0.1, -0.05) is 24.3 Å². The molecule has 5 heteroatoms. The lowest BCUT2D eigenvalue weighted by Crippen LogP contribution is -2.30. The summed E-state index contributed by atoms with van der Waals surface area (Å²) in [5.74, 6) is 0.638. The molecule has 0 radical (unpaired) electrons. The third-order valence-electron chi connectivity index (χ3n) is 3.75. The molecule has 0 aromatic heterocycles. The molecule has 1 heterocycles. The van der Waals surface area contributed by atoms with Gasteiger partial charge in [-0.2, -0.15) is 0 Å². The van der Waals surface area contributed by atoms with Crippen LogP contribution in [-0.2, 0) is 0 Å². The molecule has 0 saturated heterocycles. The molecule has 3 rings (SSSR count). The van der Waals surface area contributed by atoms with Crippen molar-refractivity contribution < 1.29 is 9.59 Å². The minimum atomic E-state index is -0.163. The van der Waals surface area contributed by atoms with Crippen LogP contribution in [0.15, 0.2) is 57.9 Å². The number of imide groups is 1. The van der Waals surface area contributed by atoms with Crippen LogP contribution >= 0.6 is 27.7 Å². The van der Waals surface area contributed by atoms with Gasteiger partial charge < -0.3 is 0 Å². The maximum absolute atomic E-state index is 12.2. The van der Waals surface area contributed by atoms with Gasteiger partial charge in [-0.15, -0.1) is 11.8 Å². The normalized spacial score (nSPS) is 13.5. The number of nitrogens with zero attached hydrogens (tertiary/aromatic N) is 1. The minimum Gasteiger partial charge on any atom is -0.274 e. The number of carbonyl (C=O) groups is 2. The van der Waals surface area contributed by atoms with Gasteiger partial charge in [-0.25, -0.2) is 0 Å². The molecule has 118 valence electrons. The summed E-state index contributed by atoms with van der Waals surface area (Å²) in [6, 6.07) is 15.2. The largest absolute Gasteiger partial charge is 0.274 e. The highest BCUT2D eigenvalue weighted by molar-refractivity contribution is 9.10. The molecule has 1 aliphatic rings. The monoisotopic (exact) mass is 389 g/mol. The first kappa shape index (κ1) is 16.3. The molecule has 0 saturated carbocycles. The van der Waals surface area contributed by atoms with E-state index in [-0.39, 0.29) is 11.8 Å². The molecule has 2 amide bonds. The average Bonchev–Trinajstić information content (AvgIpc) is 2.81. The lowest BCUT2D eigenvalue weighted by molar-refractivity contribution is 0.0652. The van der Waals surface area contributed by atoms with Gasteiger partial charge in [0.1, 0.15) is 0 Å². The molecule has 2 aromatic rings. The number of carbonyl (C=O) groups excluding carboxylic acids is 2. The van der Waals surface area contributed by atoms with Gasteiger partial charge in [0.05, 0.1) is 11.1 Å². The van der Waals surface area contributed by atoms with Gasteiger partial charge in [-0.05, 0) is 58.8 Å². The first-order valence-electron chi connectivity index (χ1n) is 7.51. The second-order valence-corrected chi connectivity index (χ2v) is 7.28. The number of amides is 2. The van der Waals surface area contributed by atoms with E-state index in [9.17, 15) is 9.59 Å². The standard InChI is InChI=1S/C18H16BrNO2S/c19-15-9-3-4-10-16(15)23-12-6-5-11-20-17(21)13-7-1-2-8-14(13)18(20)22/h1-4,7-10H,5-6,11-12H2. The van der Waals surface area contributed by atoms with E-state index in [4.69, 9.17) is 0 Å². The molecule has 3 nitrogen and oxygen atoms in total. The second-order valence-electron chi connectivity index (χ2n) is 5.29. The van der Waals surface area contributed by atoms with Crippen LogP contribution in [0.4, 0.5) is 0 Å². The fourth-order valence-corrected chi connectivity index (χ4v) is 4.14. The molecule has 2 aromatic carbocycles. The Labute approximate surface area is 148 Å². The maximum atomic E-state index is 12.2. The predicted molar refractivity (Wildman–Crippen MR) is 95.9 cm³/mol. The summed E-state index contributed by atoms with van der Waals surface area (Å²) in [4.78, 5) is 27.0. The van der Waals surface area contributed by atoms with Gasteiger partial charge in [0.15, 0.2) is 0 Å². The summed E-state index contributed by atoms with van der Waals surface area (Å²) in [5.41, 5.74) is 1.06. The van der Waals surface area contributed by atoms with E-state index in [2.05, 4.69) is 22.0 Å². The Kier molecular flexibility index (Phi) is 5.18. The van der Waals surface area contributed by atoms with Crippen molar-refractivity contribution in [2.45, 2.75) is 17.7 Å². The molecular formula is C18H16BrNO2S. The third kappa shape index (κ3) is 3.51.